The van der Waals surface area contributed by atoms with E-state index in [1.165, 1.54) is 16.7 Å². The number of aromatic nitrogens is 1. The highest BCUT2D eigenvalue weighted by molar-refractivity contribution is 5.79. The molecule has 0 amide bonds. The summed E-state index contributed by atoms with van der Waals surface area (Å²) >= 11 is 0. The van der Waals surface area contributed by atoms with Crippen molar-refractivity contribution in [1.82, 2.24) is 4.98 Å². The van der Waals surface area contributed by atoms with Gasteiger partial charge >= 0.3 is 0 Å². The smallest absolute Gasteiger partial charge is 0.188 e. The number of nitrogens with zero attached hydrogens (tertiary/aromatic N) is 1. The lowest BCUT2D eigenvalue weighted by Crippen LogP contribution is -2.14. The van der Waals surface area contributed by atoms with Gasteiger partial charge in [0, 0.05) is 17.2 Å². The summed E-state index contributed by atoms with van der Waals surface area (Å²) < 4.78 is 12.1. The zero-order valence-corrected chi connectivity index (χ0v) is 21.7. The van der Waals surface area contributed by atoms with Gasteiger partial charge in [0.25, 0.3) is 0 Å². The molecule has 0 saturated carbocycles. The lowest BCUT2D eigenvalue weighted by Gasteiger charge is -2.14. The summed E-state index contributed by atoms with van der Waals surface area (Å²) in [4.78, 5) is 17.2. The van der Waals surface area contributed by atoms with Crippen LogP contribution in [0.25, 0.3) is 22.6 Å². The summed E-state index contributed by atoms with van der Waals surface area (Å²) in [5.74, 6) is 1.28. The van der Waals surface area contributed by atoms with Crippen molar-refractivity contribution in [1.29, 1.82) is 0 Å². The molecule has 0 aromatic heterocycles. The average molecular weight is 460 g/mol. The third-order valence-electron chi connectivity index (χ3n) is 6.33. The number of hydrogen-bond donors (Lipinski definition) is 0. The van der Waals surface area contributed by atoms with Crippen LogP contribution >= 0.6 is 0 Å². The molecule has 0 atom stereocenters. The Morgan fingerprint density at radius 3 is 2.29 bits per heavy atom. The van der Waals surface area contributed by atoms with Crippen LogP contribution in [-0.4, -0.2) is 11.6 Å². The molecular weight excluding hydrogens is 422 g/mol. The van der Waals surface area contributed by atoms with Crippen LogP contribution in [0.2, 0.25) is 0 Å². The van der Waals surface area contributed by atoms with Gasteiger partial charge in [0.05, 0.1) is 0 Å². The lowest BCUT2D eigenvalue weighted by molar-refractivity contribution is 0.361. The van der Waals surface area contributed by atoms with E-state index in [9.17, 15) is 4.79 Å². The van der Waals surface area contributed by atoms with E-state index in [0.717, 1.165) is 53.8 Å². The van der Waals surface area contributed by atoms with E-state index in [1.807, 2.05) is 32.0 Å². The van der Waals surface area contributed by atoms with Crippen LogP contribution < -0.4 is 10.2 Å². The maximum atomic E-state index is 12.5. The minimum absolute atomic E-state index is 0.0147. The molecule has 0 spiro atoms. The molecule has 1 aliphatic heterocycles. The predicted octanol–water partition coefficient (Wildman–Crippen LogP) is 8.02. The number of rotatable bonds is 9. The van der Waals surface area contributed by atoms with Gasteiger partial charge < -0.3 is 9.15 Å². The molecular formula is C30H37NO3. The van der Waals surface area contributed by atoms with Crippen molar-refractivity contribution in [3.63, 3.8) is 0 Å². The molecule has 0 saturated heterocycles. The molecule has 34 heavy (non-hydrogen) atoms. The van der Waals surface area contributed by atoms with E-state index in [1.54, 1.807) is 6.92 Å². The van der Waals surface area contributed by atoms with Gasteiger partial charge in [0.15, 0.2) is 16.8 Å². The topological polar surface area (TPSA) is 52.3 Å². The summed E-state index contributed by atoms with van der Waals surface area (Å²) in [5.41, 5.74) is 8.47. The van der Waals surface area contributed by atoms with Crippen molar-refractivity contribution < 1.29 is 9.15 Å². The van der Waals surface area contributed by atoms with E-state index in [2.05, 4.69) is 45.9 Å². The van der Waals surface area contributed by atoms with Crippen molar-refractivity contribution >= 4 is 11.1 Å². The largest absolute Gasteiger partial charge is 0.489 e. The third-order valence-corrected chi connectivity index (χ3v) is 6.33. The summed E-state index contributed by atoms with van der Waals surface area (Å²) in [6, 6.07) is 5.67. The molecule has 0 radical (unpaired) electrons. The second kappa shape index (κ2) is 11.3. The zero-order chi connectivity index (χ0) is 24.8. The van der Waals surface area contributed by atoms with Crippen LogP contribution in [0.15, 0.2) is 62.4 Å². The normalized spacial score (nSPS) is 12.4. The van der Waals surface area contributed by atoms with Crippen molar-refractivity contribution in [2.24, 2.45) is 0 Å². The number of ether oxygens (including phenoxy) is 1. The molecule has 1 aromatic carbocycles. The van der Waals surface area contributed by atoms with E-state index in [0.29, 0.717) is 23.5 Å². The SMILES string of the molecule is CC(C)=CCCC(C)=CCCC(C)=CCOc1ccc2nc3c(C)c(C)c(=O)c(C)c-3oc2c1. The Hall–Kier alpha value is -3.14. The van der Waals surface area contributed by atoms with Crippen molar-refractivity contribution in [3.05, 3.63) is 80.1 Å². The molecule has 180 valence electrons. The Balaban J connectivity index is 1.64. The summed E-state index contributed by atoms with van der Waals surface area (Å²) in [6.07, 6.45) is 11.1. The minimum atomic E-state index is 0.0147. The molecule has 0 bridgehead atoms. The number of hydrogen-bond acceptors (Lipinski definition) is 4. The highest BCUT2D eigenvalue weighted by Gasteiger charge is 2.20. The molecule has 4 nitrogen and oxygen atoms in total. The number of benzene rings is 2. The first kappa shape index (κ1) is 25.5. The van der Waals surface area contributed by atoms with Crippen LogP contribution in [0.3, 0.4) is 0 Å². The van der Waals surface area contributed by atoms with Crippen LogP contribution in [-0.2, 0) is 0 Å². The van der Waals surface area contributed by atoms with Crippen LogP contribution in [0, 0.1) is 20.8 Å². The molecule has 3 rings (SSSR count). The maximum Gasteiger partial charge on any atom is 0.188 e. The molecule has 0 fully saturated rings. The van der Waals surface area contributed by atoms with Gasteiger partial charge in [-0.2, -0.15) is 0 Å². The fraction of sp³-hybridized carbons (Fsp3) is 0.400. The molecule has 2 aliphatic rings. The Morgan fingerprint density at radius 1 is 0.912 bits per heavy atom. The number of allylic oxidation sites excluding steroid dienone is 5. The van der Waals surface area contributed by atoms with E-state index in [4.69, 9.17) is 14.1 Å². The highest BCUT2D eigenvalue weighted by atomic mass is 16.5. The van der Waals surface area contributed by atoms with Gasteiger partial charge in [-0.1, -0.05) is 28.9 Å². The second-order valence-electron chi connectivity index (χ2n) is 9.50. The summed E-state index contributed by atoms with van der Waals surface area (Å²) in [7, 11) is 0. The fourth-order valence-electron chi connectivity index (χ4n) is 3.95. The van der Waals surface area contributed by atoms with Gasteiger partial charge in [-0.05, 0) is 97.9 Å². The average Bonchev–Trinajstić information content (AvgIpc) is 2.80. The van der Waals surface area contributed by atoms with Crippen molar-refractivity contribution in [2.75, 3.05) is 6.61 Å². The Bertz CT molecular complexity index is 1290. The minimum Gasteiger partial charge on any atom is -0.489 e. The van der Waals surface area contributed by atoms with Gasteiger partial charge in [-0.3, -0.25) is 4.79 Å². The summed E-state index contributed by atoms with van der Waals surface area (Å²) in [5, 5.41) is 0. The van der Waals surface area contributed by atoms with E-state index >= 15 is 0 Å². The van der Waals surface area contributed by atoms with Crippen LogP contribution in [0.5, 0.6) is 5.75 Å². The molecule has 0 unspecified atom stereocenters. The summed E-state index contributed by atoms with van der Waals surface area (Å²) in [6.45, 7) is 14.7. The van der Waals surface area contributed by atoms with E-state index < -0.39 is 0 Å². The number of fused-ring (bicyclic) bond motifs is 2. The zero-order valence-electron chi connectivity index (χ0n) is 21.7. The van der Waals surface area contributed by atoms with Gasteiger partial charge in [0.2, 0.25) is 0 Å². The lowest BCUT2D eigenvalue weighted by atomic mass is 9.99. The van der Waals surface area contributed by atoms with Gasteiger partial charge in [0.1, 0.15) is 23.6 Å². The van der Waals surface area contributed by atoms with Gasteiger partial charge in [-0.15, -0.1) is 0 Å². The molecule has 1 aromatic rings. The van der Waals surface area contributed by atoms with Gasteiger partial charge in [-0.25, -0.2) is 4.98 Å². The van der Waals surface area contributed by atoms with Crippen molar-refractivity contribution in [3.8, 4) is 17.2 Å². The Kier molecular flexibility index (Phi) is 8.49. The molecule has 0 N–H and O–H groups in total. The van der Waals surface area contributed by atoms with Crippen molar-refractivity contribution in [2.45, 2.75) is 74.1 Å². The molecule has 1 aliphatic carbocycles. The Labute approximate surface area is 203 Å². The predicted molar refractivity (Wildman–Crippen MR) is 142 cm³/mol. The Morgan fingerprint density at radius 2 is 1.59 bits per heavy atom. The second-order valence-corrected chi connectivity index (χ2v) is 9.50. The standard InChI is InChI=1S/C30H37NO3/c1-19(2)10-8-11-20(3)12-9-13-21(4)16-17-33-25-14-15-26-27(18-25)34-30-24(7)29(32)23(6)22(5)28(30)31-26/h10,12,14-16,18H,8-9,11,13,17H2,1-7H3. The molecule has 1 heterocycles. The van der Waals surface area contributed by atoms with E-state index in [-0.39, 0.29) is 5.43 Å². The fourth-order valence-corrected chi connectivity index (χ4v) is 3.95. The maximum absolute atomic E-state index is 12.5. The van der Waals surface area contributed by atoms with Crippen LogP contribution in [0.4, 0.5) is 0 Å². The first-order chi connectivity index (χ1) is 16.2. The first-order valence-corrected chi connectivity index (χ1v) is 12.1. The first-order valence-electron chi connectivity index (χ1n) is 12.1. The molecule has 4 heteroatoms. The van der Waals surface area contributed by atoms with Crippen LogP contribution in [0.1, 0.15) is 70.1 Å². The highest BCUT2D eigenvalue weighted by Crippen LogP contribution is 2.31. The quantitative estimate of drug-likeness (QED) is 0.240. The monoisotopic (exact) mass is 459 g/mol. The third kappa shape index (κ3) is 6.25.